The van der Waals surface area contributed by atoms with Crippen LogP contribution >= 0.6 is 0 Å². The molecule has 0 saturated carbocycles. The second-order valence-corrected chi connectivity index (χ2v) is 7.47. The van der Waals surface area contributed by atoms with Crippen LogP contribution in [0, 0.1) is 10.1 Å². The number of para-hydroxylation sites is 1. The zero-order chi connectivity index (χ0) is 25.9. The Morgan fingerprint density at radius 3 is 2.61 bits per heavy atom. The van der Waals surface area contributed by atoms with E-state index in [1.54, 1.807) is 18.2 Å². The van der Waals surface area contributed by atoms with E-state index in [-0.39, 0.29) is 45.9 Å². The minimum atomic E-state index is -4.61. The van der Waals surface area contributed by atoms with Gasteiger partial charge in [0.2, 0.25) is 0 Å². The molecule has 0 N–H and O–H groups in total. The van der Waals surface area contributed by atoms with Crippen LogP contribution in [0.25, 0.3) is 22.3 Å². The molecule has 0 unspecified atom stereocenters. The van der Waals surface area contributed by atoms with Crippen molar-refractivity contribution in [2.24, 2.45) is 5.10 Å². The van der Waals surface area contributed by atoms with Crippen LogP contribution in [-0.4, -0.2) is 27.4 Å². The van der Waals surface area contributed by atoms with E-state index in [9.17, 15) is 28.1 Å². The second kappa shape index (κ2) is 9.82. The quantitative estimate of drug-likeness (QED) is 0.147. The van der Waals surface area contributed by atoms with Gasteiger partial charge in [0, 0.05) is 23.3 Å². The highest BCUT2D eigenvalue weighted by Gasteiger charge is 2.31. The Labute approximate surface area is 201 Å². The first-order valence-electron chi connectivity index (χ1n) is 10.4. The first-order chi connectivity index (χ1) is 17.2. The van der Waals surface area contributed by atoms with Gasteiger partial charge in [0.05, 0.1) is 27.6 Å². The number of alkyl halides is 3. The van der Waals surface area contributed by atoms with Gasteiger partial charge in [0.1, 0.15) is 12.4 Å². The summed E-state index contributed by atoms with van der Waals surface area (Å²) in [6.07, 6.45) is -1.98. The van der Waals surface area contributed by atoms with Crippen LogP contribution in [-0.2, 0) is 6.18 Å². The predicted molar refractivity (Wildman–Crippen MR) is 128 cm³/mol. The van der Waals surface area contributed by atoms with Crippen molar-refractivity contribution >= 4 is 22.8 Å². The van der Waals surface area contributed by atoms with Gasteiger partial charge in [-0.2, -0.15) is 22.9 Å². The zero-order valence-corrected chi connectivity index (χ0v) is 18.5. The van der Waals surface area contributed by atoms with Crippen LogP contribution in [0.1, 0.15) is 11.1 Å². The maximum absolute atomic E-state index is 13.3. The van der Waals surface area contributed by atoms with Crippen molar-refractivity contribution in [3.05, 3.63) is 111 Å². The van der Waals surface area contributed by atoms with E-state index in [2.05, 4.69) is 16.7 Å². The number of rotatable bonds is 7. The molecule has 0 fully saturated rings. The van der Waals surface area contributed by atoms with Crippen molar-refractivity contribution < 1.29 is 22.8 Å². The lowest BCUT2D eigenvalue weighted by Crippen LogP contribution is -2.20. The van der Waals surface area contributed by atoms with Gasteiger partial charge >= 0.3 is 6.18 Å². The van der Waals surface area contributed by atoms with E-state index >= 15 is 0 Å². The van der Waals surface area contributed by atoms with E-state index in [1.165, 1.54) is 42.5 Å². The molecule has 0 aliphatic heterocycles. The molecule has 0 saturated heterocycles. The van der Waals surface area contributed by atoms with Gasteiger partial charge in [-0.25, -0.2) is 4.98 Å². The molecule has 182 valence electrons. The molecule has 0 bridgehead atoms. The number of nitro groups is 1. The van der Waals surface area contributed by atoms with Gasteiger partial charge in [-0.15, -0.1) is 0 Å². The molecule has 0 aliphatic carbocycles. The average Bonchev–Trinajstić information content (AvgIpc) is 2.86. The number of hydrogen-bond donors (Lipinski definition) is 0. The molecule has 3 aromatic carbocycles. The summed E-state index contributed by atoms with van der Waals surface area (Å²) in [6.45, 7) is 3.66. The first-order valence-corrected chi connectivity index (χ1v) is 10.4. The highest BCUT2D eigenvalue weighted by molar-refractivity contribution is 5.85. The van der Waals surface area contributed by atoms with Crippen LogP contribution in [0.5, 0.6) is 5.75 Å². The Hall–Kier alpha value is -4.80. The third-order valence-corrected chi connectivity index (χ3v) is 5.08. The van der Waals surface area contributed by atoms with Gasteiger partial charge in [0.25, 0.3) is 11.2 Å². The highest BCUT2D eigenvalue weighted by Crippen LogP contribution is 2.32. The van der Waals surface area contributed by atoms with Crippen LogP contribution in [0.15, 0.2) is 89.3 Å². The van der Waals surface area contributed by atoms with E-state index < -0.39 is 22.2 Å². The lowest BCUT2D eigenvalue weighted by molar-refractivity contribution is -0.384. The summed E-state index contributed by atoms with van der Waals surface area (Å²) in [7, 11) is 0. The molecular weight excluding hydrogens is 477 g/mol. The fourth-order valence-corrected chi connectivity index (χ4v) is 3.40. The fraction of sp³-hybridized carbons (Fsp3) is 0.0800. The van der Waals surface area contributed by atoms with E-state index in [0.717, 1.165) is 23.0 Å². The lowest BCUT2D eigenvalue weighted by Gasteiger charge is -2.12. The zero-order valence-electron chi connectivity index (χ0n) is 18.5. The smallest absolute Gasteiger partial charge is 0.416 e. The largest absolute Gasteiger partial charge is 0.489 e. The minimum Gasteiger partial charge on any atom is -0.489 e. The third-order valence-electron chi connectivity index (χ3n) is 5.08. The van der Waals surface area contributed by atoms with Crippen molar-refractivity contribution in [1.29, 1.82) is 0 Å². The minimum absolute atomic E-state index is 0.00648. The molecule has 0 amide bonds. The normalized spacial score (nSPS) is 11.6. The molecule has 4 aromatic rings. The van der Waals surface area contributed by atoms with Gasteiger partial charge in [-0.1, -0.05) is 36.9 Å². The van der Waals surface area contributed by atoms with Gasteiger partial charge in [-0.05, 0) is 30.3 Å². The van der Waals surface area contributed by atoms with Crippen LogP contribution < -0.4 is 10.3 Å². The van der Waals surface area contributed by atoms with Crippen LogP contribution in [0.3, 0.4) is 0 Å². The van der Waals surface area contributed by atoms with E-state index in [4.69, 9.17) is 4.74 Å². The van der Waals surface area contributed by atoms with Gasteiger partial charge in [0.15, 0.2) is 5.82 Å². The summed E-state index contributed by atoms with van der Waals surface area (Å²) in [6, 6.07) is 14.5. The molecule has 0 atom stereocenters. The molecule has 4 rings (SSSR count). The summed E-state index contributed by atoms with van der Waals surface area (Å²) in [5.74, 6) is 0.0895. The maximum atomic E-state index is 13.3. The second-order valence-electron chi connectivity index (χ2n) is 7.47. The number of hydrogen-bond acceptors (Lipinski definition) is 6. The number of benzene rings is 3. The average molecular weight is 494 g/mol. The predicted octanol–water partition coefficient (Wildman–Crippen LogP) is 5.44. The number of non-ortho nitro benzene ring substituents is 1. The summed E-state index contributed by atoms with van der Waals surface area (Å²) >= 11 is 0. The molecule has 36 heavy (non-hydrogen) atoms. The van der Waals surface area contributed by atoms with Crippen molar-refractivity contribution in [3.8, 4) is 17.1 Å². The molecular formula is C25H17F3N4O4. The maximum Gasteiger partial charge on any atom is 0.416 e. The summed E-state index contributed by atoms with van der Waals surface area (Å²) in [5, 5.41) is 15.6. The molecule has 1 heterocycles. The fourth-order valence-electron chi connectivity index (χ4n) is 3.40. The number of nitro benzene ring substituents is 1. The Balaban J connectivity index is 1.93. The Morgan fingerprint density at radius 2 is 1.89 bits per heavy atom. The topological polar surface area (TPSA) is 99.6 Å². The standard InChI is InChI=1S/C25H17F3N4O4/c1-2-12-36-22-11-10-19(32(34)35)14-17(22)15-29-31-23(16-6-5-7-18(13-16)25(26,27)28)30-21-9-4-3-8-20(21)24(31)33/h2-11,13-15H,1,12H2. The van der Waals surface area contributed by atoms with Crippen molar-refractivity contribution in [3.63, 3.8) is 0 Å². The number of ether oxygens (including phenoxy) is 1. The summed E-state index contributed by atoms with van der Waals surface area (Å²) in [5.41, 5.74) is -1.36. The van der Waals surface area contributed by atoms with Gasteiger partial charge < -0.3 is 4.74 Å². The molecule has 0 aliphatic rings. The third kappa shape index (κ3) is 4.99. The molecule has 0 radical (unpaired) electrons. The number of aromatic nitrogens is 2. The highest BCUT2D eigenvalue weighted by atomic mass is 19.4. The van der Waals surface area contributed by atoms with E-state index in [1.807, 2.05) is 0 Å². The van der Waals surface area contributed by atoms with Crippen molar-refractivity contribution in [2.75, 3.05) is 6.61 Å². The van der Waals surface area contributed by atoms with Crippen molar-refractivity contribution in [2.45, 2.75) is 6.18 Å². The Morgan fingerprint density at radius 1 is 1.11 bits per heavy atom. The monoisotopic (exact) mass is 494 g/mol. The van der Waals surface area contributed by atoms with Gasteiger partial charge in [-0.3, -0.25) is 14.9 Å². The van der Waals surface area contributed by atoms with Crippen LogP contribution in [0.2, 0.25) is 0 Å². The molecule has 0 spiro atoms. The van der Waals surface area contributed by atoms with Crippen molar-refractivity contribution in [1.82, 2.24) is 9.66 Å². The number of nitrogens with zero attached hydrogens (tertiary/aromatic N) is 4. The molecule has 1 aromatic heterocycles. The number of halogens is 3. The van der Waals surface area contributed by atoms with E-state index in [0.29, 0.717) is 0 Å². The summed E-state index contributed by atoms with van der Waals surface area (Å²) < 4.78 is 46.4. The summed E-state index contributed by atoms with van der Waals surface area (Å²) in [4.78, 5) is 28.3. The Bertz CT molecular complexity index is 1560. The lowest BCUT2D eigenvalue weighted by atomic mass is 10.1. The Kier molecular flexibility index (Phi) is 6.64. The SMILES string of the molecule is C=CCOc1ccc([N+](=O)[O-])cc1C=Nn1c(-c2cccc(C(F)(F)F)c2)nc2ccccc2c1=O. The molecule has 8 nitrogen and oxygen atoms in total. The first kappa shape index (κ1) is 24.3. The number of fused-ring (bicyclic) bond motifs is 1. The van der Waals surface area contributed by atoms with Crippen LogP contribution in [0.4, 0.5) is 18.9 Å². The molecule has 11 heteroatoms.